The smallest absolute Gasteiger partial charge is 0.233 e. The van der Waals surface area contributed by atoms with Crippen LogP contribution in [0.1, 0.15) is 31.1 Å². The predicted molar refractivity (Wildman–Crippen MR) is 107 cm³/mol. The Balaban J connectivity index is 2.00. The highest BCUT2D eigenvalue weighted by molar-refractivity contribution is 5.96. The van der Waals surface area contributed by atoms with Crippen molar-refractivity contribution in [1.29, 1.82) is 5.26 Å². The number of hydrogen-bond donors (Lipinski definition) is 0. The van der Waals surface area contributed by atoms with Crippen LogP contribution in [0.25, 0.3) is 0 Å². The summed E-state index contributed by atoms with van der Waals surface area (Å²) in [5, 5.41) is 9.77. The van der Waals surface area contributed by atoms with Gasteiger partial charge in [0.05, 0.1) is 12.2 Å². The minimum atomic E-state index is -0.630. The van der Waals surface area contributed by atoms with Crippen molar-refractivity contribution in [2.45, 2.75) is 19.8 Å². The molecular formula is C22H21N3O3. The van der Waals surface area contributed by atoms with Crippen molar-refractivity contribution < 1.29 is 13.9 Å². The second-order valence-corrected chi connectivity index (χ2v) is 6.65. The Morgan fingerprint density at radius 1 is 1.25 bits per heavy atom. The van der Waals surface area contributed by atoms with E-state index in [0.29, 0.717) is 17.1 Å². The van der Waals surface area contributed by atoms with Crippen LogP contribution in [0.4, 0.5) is 5.69 Å². The number of allylic oxidation sites excluding steroid dienone is 3. The van der Waals surface area contributed by atoms with Crippen molar-refractivity contribution in [1.82, 2.24) is 0 Å². The predicted octanol–water partition coefficient (Wildman–Crippen LogP) is 4.18. The quantitative estimate of drug-likeness (QED) is 0.733. The Labute approximate surface area is 164 Å². The second kappa shape index (κ2) is 7.97. The molecule has 0 radical (unpaired) electrons. The van der Waals surface area contributed by atoms with Gasteiger partial charge in [-0.15, -0.1) is 0 Å². The molecule has 6 nitrogen and oxygen atoms in total. The first-order valence-electron chi connectivity index (χ1n) is 8.81. The van der Waals surface area contributed by atoms with Crippen molar-refractivity contribution in [2.24, 2.45) is 4.99 Å². The molecule has 0 spiro atoms. The van der Waals surface area contributed by atoms with E-state index in [1.165, 1.54) is 13.2 Å². The number of anilines is 1. The van der Waals surface area contributed by atoms with E-state index < -0.39 is 5.92 Å². The van der Waals surface area contributed by atoms with Crippen molar-refractivity contribution in [2.75, 3.05) is 19.0 Å². The molecule has 1 aliphatic rings. The summed E-state index contributed by atoms with van der Waals surface area (Å²) >= 11 is 0. The van der Waals surface area contributed by atoms with Crippen LogP contribution in [0.15, 0.2) is 74.9 Å². The maximum absolute atomic E-state index is 12.2. The number of ketones is 1. The summed E-state index contributed by atoms with van der Waals surface area (Å²) in [6.45, 7) is 3.15. The first-order chi connectivity index (χ1) is 13.4. The maximum Gasteiger partial charge on any atom is 0.233 e. The largest absolute Gasteiger partial charge is 0.468 e. The monoisotopic (exact) mass is 375 g/mol. The minimum absolute atomic E-state index is 0.170. The number of aliphatic imine (C=N–C) groups is 1. The number of benzene rings is 1. The molecule has 6 heteroatoms. The van der Waals surface area contributed by atoms with Gasteiger partial charge in [-0.05, 0) is 43.7 Å². The van der Waals surface area contributed by atoms with Gasteiger partial charge in [0.15, 0.2) is 5.78 Å². The molecule has 2 heterocycles. The molecule has 1 aliphatic heterocycles. The number of ether oxygens (including phenoxy) is 1. The fourth-order valence-electron chi connectivity index (χ4n) is 3.12. The molecule has 0 bridgehead atoms. The summed E-state index contributed by atoms with van der Waals surface area (Å²) in [6.07, 6.45) is 3.15. The molecule has 0 saturated heterocycles. The Morgan fingerprint density at radius 3 is 2.50 bits per heavy atom. The lowest BCUT2D eigenvalue weighted by atomic mass is 9.85. The third kappa shape index (κ3) is 3.74. The van der Waals surface area contributed by atoms with Crippen molar-refractivity contribution in [3.63, 3.8) is 0 Å². The number of rotatable bonds is 5. The SMILES string of the molecule is CC(=O)C1=C(C)OC(/N=C/c2ccc(N(C)C)cc2)=C(C#N)C1c1ccco1. The lowest BCUT2D eigenvalue weighted by Gasteiger charge is -2.25. The fourth-order valence-corrected chi connectivity index (χ4v) is 3.12. The lowest BCUT2D eigenvalue weighted by Crippen LogP contribution is -2.19. The van der Waals surface area contributed by atoms with Crippen LogP contribution < -0.4 is 4.90 Å². The van der Waals surface area contributed by atoms with Crippen molar-refractivity contribution in [3.8, 4) is 6.07 Å². The van der Waals surface area contributed by atoms with Crippen LogP contribution in [0, 0.1) is 11.3 Å². The summed E-state index contributed by atoms with van der Waals surface area (Å²) < 4.78 is 11.2. The van der Waals surface area contributed by atoms with Crippen LogP contribution >= 0.6 is 0 Å². The Morgan fingerprint density at radius 2 is 1.96 bits per heavy atom. The van der Waals surface area contributed by atoms with Crippen LogP contribution in [-0.4, -0.2) is 26.1 Å². The topological polar surface area (TPSA) is 78.8 Å². The van der Waals surface area contributed by atoms with Gasteiger partial charge in [-0.1, -0.05) is 12.1 Å². The zero-order valence-electron chi connectivity index (χ0n) is 16.3. The molecule has 2 aromatic rings. The Kier molecular flexibility index (Phi) is 5.46. The standard InChI is InChI=1S/C22H21N3O3/c1-14(26)20-15(2)28-22(18(12-23)21(20)19-6-5-11-27-19)24-13-16-7-9-17(10-8-16)25(3)4/h5-11,13,21H,1-4H3/b24-13+. The van der Waals surface area contributed by atoms with Gasteiger partial charge in [0.2, 0.25) is 5.88 Å². The van der Waals surface area contributed by atoms with Gasteiger partial charge < -0.3 is 14.1 Å². The van der Waals surface area contributed by atoms with Crippen LogP contribution in [-0.2, 0) is 9.53 Å². The zero-order valence-corrected chi connectivity index (χ0v) is 16.3. The van der Waals surface area contributed by atoms with Crippen LogP contribution in [0.5, 0.6) is 0 Å². The van der Waals surface area contributed by atoms with Gasteiger partial charge in [0, 0.05) is 31.6 Å². The van der Waals surface area contributed by atoms with Crippen LogP contribution in [0.3, 0.4) is 0 Å². The summed E-state index contributed by atoms with van der Waals surface area (Å²) in [4.78, 5) is 18.6. The van der Waals surface area contributed by atoms with Crippen molar-refractivity contribution >= 4 is 17.7 Å². The molecule has 142 valence electrons. The zero-order chi connectivity index (χ0) is 20.3. The molecule has 0 aliphatic carbocycles. The summed E-state index contributed by atoms with van der Waals surface area (Å²) in [6, 6.07) is 13.4. The number of carbonyl (C=O) groups is 1. The van der Waals surface area contributed by atoms with E-state index >= 15 is 0 Å². The summed E-state index contributed by atoms with van der Waals surface area (Å²) in [5.41, 5.74) is 2.59. The first kappa shape index (κ1) is 19.2. The molecular weight excluding hydrogens is 354 g/mol. The third-order valence-corrected chi connectivity index (χ3v) is 4.50. The Hall–Kier alpha value is -3.59. The minimum Gasteiger partial charge on any atom is -0.468 e. The number of nitriles is 1. The van der Waals surface area contributed by atoms with Gasteiger partial charge >= 0.3 is 0 Å². The molecule has 0 N–H and O–H groups in total. The third-order valence-electron chi connectivity index (χ3n) is 4.50. The van der Waals surface area contributed by atoms with E-state index in [0.717, 1.165) is 11.3 Å². The highest BCUT2D eigenvalue weighted by atomic mass is 16.5. The van der Waals surface area contributed by atoms with E-state index in [9.17, 15) is 10.1 Å². The van der Waals surface area contributed by atoms with E-state index in [1.807, 2.05) is 43.3 Å². The van der Waals surface area contributed by atoms with E-state index in [-0.39, 0.29) is 17.2 Å². The van der Waals surface area contributed by atoms with Gasteiger partial charge in [-0.25, -0.2) is 4.99 Å². The summed E-state index contributed by atoms with van der Waals surface area (Å²) in [7, 11) is 3.94. The fraction of sp³-hybridized carbons (Fsp3) is 0.227. The average molecular weight is 375 g/mol. The molecule has 1 aromatic carbocycles. The number of nitrogens with zero attached hydrogens (tertiary/aromatic N) is 3. The van der Waals surface area contributed by atoms with Crippen molar-refractivity contribution in [3.05, 3.63) is 76.8 Å². The maximum atomic E-state index is 12.2. The molecule has 1 aromatic heterocycles. The summed E-state index contributed by atoms with van der Waals surface area (Å²) in [5.74, 6) is 0.294. The molecule has 0 amide bonds. The normalized spacial score (nSPS) is 16.9. The molecule has 1 atom stereocenters. The van der Waals surface area contributed by atoms with Gasteiger partial charge in [-0.3, -0.25) is 4.79 Å². The second-order valence-electron chi connectivity index (χ2n) is 6.65. The van der Waals surface area contributed by atoms with Gasteiger partial charge in [-0.2, -0.15) is 5.26 Å². The van der Waals surface area contributed by atoms with Gasteiger partial charge in [0.25, 0.3) is 0 Å². The lowest BCUT2D eigenvalue weighted by molar-refractivity contribution is -0.114. The Bertz CT molecular complexity index is 1000. The number of furan rings is 1. The van der Waals surface area contributed by atoms with E-state index in [1.54, 1.807) is 25.3 Å². The molecule has 0 fully saturated rings. The van der Waals surface area contributed by atoms with Gasteiger partial charge in [0.1, 0.15) is 23.2 Å². The molecule has 0 saturated carbocycles. The highest BCUT2D eigenvalue weighted by Gasteiger charge is 2.36. The number of carbonyl (C=O) groups excluding carboxylic acids is 1. The molecule has 3 rings (SSSR count). The average Bonchev–Trinajstić information content (AvgIpc) is 3.20. The number of Topliss-reactive ketones (excluding diaryl/α,β-unsaturated/α-hetero) is 1. The number of hydrogen-bond acceptors (Lipinski definition) is 6. The molecule has 1 unspecified atom stereocenters. The first-order valence-corrected chi connectivity index (χ1v) is 8.81. The van der Waals surface area contributed by atoms with Crippen LogP contribution in [0.2, 0.25) is 0 Å². The van der Waals surface area contributed by atoms with E-state index in [4.69, 9.17) is 9.15 Å². The highest BCUT2D eigenvalue weighted by Crippen LogP contribution is 2.40. The molecule has 28 heavy (non-hydrogen) atoms. The van der Waals surface area contributed by atoms with E-state index in [2.05, 4.69) is 11.1 Å².